The number of carbonyl (C=O) groups excluding carboxylic acids is 3. The number of nitrogens with one attached hydrogen (secondary N) is 2. The molecule has 0 atom stereocenters. The van der Waals surface area contributed by atoms with Gasteiger partial charge in [-0.05, 0) is 61.4 Å². The van der Waals surface area contributed by atoms with E-state index < -0.39 is 18.5 Å². The van der Waals surface area contributed by atoms with E-state index in [9.17, 15) is 14.4 Å². The van der Waals surface area contributed by atoms with E-state index in [-0.39, 0.29) is 18.7 Å². The summed E-state index contributed by atoms with van der Waals surface area (Å²) < 4.78 is 6.76. The van der Waals surface area contributed by atoms with Crippen molar-refractivity contribution in [3.63, 3.8) is 0 Å². The highest BCUT2D eigenvalue weighted by atomic mass is 79.9. The summed E-state index contributed by atoms with van der Waals surface area (Å²) in [5, 5.41) is 5.43. The third-order valence-corrected chi connectivity index (χ3v) is 4.83. The van der Waals surface area contributed by atoms with Gasteiger partial charge in [0.2, 0.25) is 5.91 Å². The fourth-order valence-corrected chi connectivity index (χ4v) is 3.32. The summed E-state index contributed by atoms with van der Waals surface area (Å²) in [6, 6.07) is 10.9. The maximum Gasteiger partial charge on any atom is 0.306 e. The van der Waals surface area contributed by atoms with Crippen molar-refractivity contribution in [3.05, 3.63) is 56.5 Å². The molecule has 0 radical (unpaired) electrons. The normalized spacial score (nSPS) is 10.3. The number of hydrogen-bond donors (Lipinski definition) is 2. The second-order valence-corrected chi connectivity index (χ2v) is 8.01. The Kier molecular flexibility index (Phi) is 8.19. The average molecular weight is 512 g/mol. The highest BCUT2D eigenvalue weighted by molar-refractivity contribution is 9.10. The summed E-state index contributed by atoms with van der Waals surface area (Å²) in [6.07, 6.45) is -0.131. The molecule has 0 aliphatic heterocycles. The summed E-state index contributed by atoms with van der Waals surface area (Å²) in [7, 11) is 0. The Morgan fingerprint density at radius 3 is 1.82 bits per heavy atom. The van der Waals surface area contributed by atoms with Crippen LogP contribution in [0.5, 0.6) is 0 Å². The van der Waals surface area contributed by atoms with Crippen molar-refractivity contribution in [3.8, 4) is 0 Å². The lowest BCUT2D eigenvalue weighted by atomic mass is 10.2. The van der Waals surface area contributed by atoms with E-state index in [1.165, 1.54) is 0 Å². The summed E-state index contributed by atoms with van der Waals surface area (Å²) >= 11 is 6.71. The largest absolute Gasteiger partial charge is 0.456 e. The number of aryl methyl sites for hydroxylation is 2. The Morgan fingerprint density at radius 2 is 1.32 bits per heavy atom. The Bertz CT molecular complexity index is 828. The molecule has 0 spiro atoms. The number of esters is 1. The molecule has 0 aliphatic rings. The van der Waals surface area contributed by atoms with Gasteiger partial charge in [-0.25, -0.2) is 0 Å². The molecule has 2 amide bonds. The molecule has 2 rings (SSSR count). The Morgan fingerprint density at radius 1 is 0.821 bits per heavy atom. The second-order valence-electron chi connectivity index (χ2n) is 6.18. The predicted molar refractivity (Wildman–Crippen MR) is 115 cm³/mol. The van der Waals surface area contributed by atoms with Gasteiger partial charge in [0.1, 0.15) is 0 Å². The maximum atomic E-state index is 12.0. The Hall–Kier alpha value is -2.19. The summed E-state index contributed by atoms with van der Waals surface area (Å²) in [5.74, 6) is -1.34. The highest BCUT2D eigenvalue weighted by Gasteiger charge is 2.12. The molecule has 0 saturated heterocycles. The van der Waals surface area contributed by atoms with Gasteiger partial charge >= 0.3 is 5.97 Å². The fourth-order valence-electron chi connectivity index (χ4n) is 2.37. The van der Waals surface area contributed by atoms with Crippen LogP contribution in [0, 0.1) is 13.8 Å². The molecular formula is C20H20Br2N2O4. The van der Waals surface area contributed by atoms with Crippen LogP contribution in [0.2, 0.25) is 0 Å². The number of anilines is 2. The van der Waals surface area contributed by atoms with E-state index in [2.05, 4.69) is 42.5 Å². The molecule has 0 unspecified atom stereocenters. The molecule has 0 heterocycles. The van der Waals surface area contributed by atoms with Crippen LogP contribution in [0.15, 0.2) is 45.3 Å². The first-order valence-corrected chi connectivity index (χ1v) is 10.1. The van der Waals surface area contributed by atoms with E-state index in [0.717, 1.165) is 20.1 Å². The topological polar surface area (TPSA) is 84.5 Å². The molecule has 2 N–H and O–H groups in total. The summed E-state index contributed by atoms with van der Waals surface area (Å²) in [5.41, 5.74) is 3.12. The van der Waals surface area contributed by atoms with Gasteiger partial charge in [-0.3, -0.25) is 14.4 Å². The molecule has 0 fully saturated rings. The lowest BCUT2D eigenvalue weighted by Gasteiger charge is -2.10. The number of hydrogen-bond acceptors (Lipinski definition) is 4. The zero-order valence-corrected chi connectivity index (χ0v) is 18.6. The Labute approximate surface area is 180 Å². The van der Waals surface area contributed by atoms with Gasteiger partial charge in [0.05, 0.1) is 6.42 Å². The van der Waals surface area contributed by atoms with Crippen LogP contribution >= 0.6 is 31.9 Å². The van der Waals surface area contributed by atoms with E-state index in [1.807, 2.05) is 32.0 Å². The van der Waals surface area contributed by atoms with E-state index in [1.54, 1.807) is 18.2 Å². The summed E-state index contributed by atoms with van der Waals surface area (Å²) in [6.45, 7) is 3.33. The van der Waals surface area contributed by atoms with Gasteiger partial charge in [0, 0.05) is 26.7 Å². The lowest BCUT2D eigenvalue weighted by molar-refractivity contribution is -0.147. The number of halogens is 2. The standard InChI is InChI=1S/C20H20Br2N2O4/c1-12-9-14(21)3-5-16(12)23-18(25)7-8-20(27)28-11-19(26)24-17-6-4-15(22)10-13(17)2/h3-6,9-10H,7-8,11H2,1-2H3,(H,23,25)(H,24,26). The molecule has 0 saturated carbocycles. The number of amides is 2. The number of carbonyl (C=O) groups is 3. The van der Waals surface area contributed by atoms with Crippen LogP contribution in [0.25, 0.3) is 0 Å². The van der Waals surface area contributed by atoms with Crippen LogP contribution in [0.4, 0.5) is 11.4 Å². The summed E-state index contributed by atoms with van der Waals surface area (Å²) in [4.78, 5) is 35.7. The first-order chi connectivity index (χ1) is 13.2. The molecule has 0 aliphatic carbocycles. The van der Waals surface area contributed by atoms with Crippen LogP contribution < -0.4 is 10.6 Å². The van der Waals surface area contributed by atoms with Gasteiger partial charge in [0.15, 0.2) is 6.61 Å². The minimum atomic E-state index is -0.606. The van der Waals surface area contributed by atoms with Gasteiger partial charge < -0.3 is 15.4 Å². The van der Waals surface area contributed by atoms with Crippen molar-refractivity contribution in [2.45, 2.75) is 26.7 Å². The van der Waals surface area contributed by atoms with Gasteiger partial charge in [-0.15, -0.1) is 0 Å². The SMILES string of the molecule is Cc1cc(Br)ccc1NC(=O)CCC(=O)OCC(=O)Nc1ccc(Br)cc1C. The third kappa shape index (κ3) is 7.09. The van der Waals surface area contributed by atoms with Crippen LogP contribution in [0.1, 0.15) is 24.0 Å². The quantitative estimate of drug-likeness (QED) is 0.526. The molecule has 2 aromatic rings. The highest BCUT2D eigenvalue weighted by Crippen LogP contribution is 2.21. The van der Waals surface area contributed by atoms with Crippen LogP contribution in [0.3, 0.4) is 0 Å². The van der Waals surface area contributed by atoms with Crippen molar-refractivity contribution < 1.29 is 19.1 Å². The molecule has 2 aromatic carbocycles. The first kappa shape index (κ1) is 22.1. The second kappa shape index (κ2) is 10.4. The molecule has 8 heteroatoms. The molecular weight excluding hydrogens is 492 g/mol. The zero-order valence-electron chi connectivity index (χ0n) is 15.5. The van der Waals surface area contributed by atoms with Crippen molar-refractivity contribution >= 4 is 61.0 Å². The van der Waals surface area contributed by atoms with E-state index in [4.69, 9.17) is 4.74 Å². The zero-order chi connectivity index (χ0) is 20.7. The number of benzene rings is 2. The van der Waals surface area contributed by atoms with Crippen LogP contribution in [-0.4, -0.2) is 24.4 Å². The fraction of sp³-hybridized carbons (Fsp3) is 0.250. The van der Waals surface area contributed by atoms with Crippen molar-refractivity contribution in [1.29, 1.82) is 0 Å². The van der Waals surface area contributed by atoms with Gasteiger partial charge in [0.25, 0.3) is 5.91 Å². The van der Waals surface area contributed by atoms with E-state index >= 15 is 0 Å². The molecule has 0 bridgehead atoms. The third-order valence-electron chi connectivity index (χ3n) is 3.85. The molecule has 148 valence electrons. The lowest BCUT2D eigenvalue weighted by Crippen LogP contribution is -2.22. The van der Waals surface area contributed by atoms with Gasteiger partial charge in [-0.1, -0.05) is 31.9 Å². The molecule has 6 nitrogen and oxygen atoms in total. The minimum absolute atomic E-state index is 0.0260. The van der Waals surface area contributed by atoms with Crippen molar-refractivity contribution in [1.82, 2.24) is 0 Å². The molecule has 0 aromatic heterocycles. The minimum Gasteiger partial charge on any atom is -0.456 e. The maximum absolute atomic E-state index is 12.0. The van der Waals surface area contributed by atoms with Gasteiger partial charge in [-0.2, -0.15) is 0 Å². The van der Waals surface area contributed by atoms with Crippen LogP contribution in [-0.2, 0) is 19.1 Å². The number of rotatable bonds is 7. The Balaban J connectivity index is 1.73. The van der Waals surface area contributed by atoms with Crippen molar-refractivity contribution in [2.75, 3.05) is 17.2 Å². The smallest absolute Gasteiger partial charge is 0.306 e. The van der Waals surface area contributed by atoms with Crippen molar-refractivity contribution in [2.24, 2.45) is 0 Å². The molecule has 28 heavy (non-hydrogen) atoms. The monoisotopic (exact) mass is 510 g/mol. The van der Waals surface area contributed by atoms with E-state index in [0.29, 0.717) is 11.4 Å². The first-order valence-electron chi connectivity index (χ1n) is 8.52. The average Bonchev–Trinajstić information content (AvgIpc) is 2.63. The predicted octanol–water partition coefficient (Wildman–Crippen LogP) is 4.73. The number of ether oxygens (including phenoxy) is 1.